The zero-order valence-electron chi connectivity index (χ0n) is 11.8. The summed E-state index contributed by atoms with van der Waals surface area (Å²) in [6.45, 7) is 2.25. The summed E-state index contributed by atoms with van der Waals surface area (Å²) in [5, 5.41) is 9.31. The average molecular weight is 287 g/mol. The molecule has 6 nitrogen and oxygen atoms in total. The van der Waals surface area contributed by atoms with Crippen molar-refractivity contribution in [1.82, 2.24) is 4.90 Å². The molecule has 2 N–H and O–H groups in total. The molecule has 1 aliphatic rings. The lowest BCUT2D eigenvalue weighted by atomic mass is 10.0. The molecular formula is C15H17N3O3. The van der Waals surface area contributed by atoms with Gasteiger partial charge in [0.05, 0.1) is 26.0 Å². The van der Waals surface area contributed by atoms with Gasteiger partial charge in [0.1, 0.15) is 17.4 Å². The Balaban J connectivity index is 2.60. The van der Waals surface area contributed by atoms with E-state index in [1.807, 2.05) is 29.2 Å². The summed E-state index contributed by atoms with van der Waals surface area (Å²) in [6.07, 6.45) is 0. The van der Waals surface area contributed by atoms with Crippen molar-refractivity contribution in [2.75, 3.05) is 33.4 Å². The van der Waals surface area contributed by atoms with E-state index in [1.165, 1.54) is 0 Å². The molecular weight excluding hydrogens is 270 g/mol. The van der Waals surface area contributed by atoms with Crippen molar-refractivity contribution < 1.29 is 14.3 Å². The van der Waals surface area contributed by atoms with Crippen LogP contribution in [0.1, 0.15) is 5.56 Å². The van der Waals surface area contributed by atoms with Gasteiger partial charge in [0.15, 0.2) is 0 Å². The summed E-state index contributed by atoms with van der Waals surface area (Å²) >= 11 is 0. The van der Waals surface area contributed by atoms with Crippen LogP contribution in [0.25, 0.3) is 5.70 Å². The average Bonchev–Trinajstić information content (AvgIpc) is 2.53. The van der Waals surface area contributed by atoms with Crippen LogP contribution >= 0.6 is 0 Å². The van der Waals surface area contributed by atoms with E-state index >= 15 is 0 Å². The van der Waals surface area contributed by atoms with Gasteiger partial charge >= 0.3 is 0 Å². The zero-order chi connectivity index (χ0) is 15.2. The van der Waals surface area contributed by atoms with E-state index in [4.69, 9.17) is 15.2 Å². The first-order valence-electron chi connectivity index (χ1n) is 6.59. The van der Waals surface area contributed by atoms with E-state index in [1.54, 1.807) is 13.2 Å². The van der Waals surface area contributed by atoms with Gasteiger partial charge < -0.3 is 20.1 Å². The molecule has 0 aliphatic carbocycles. The summed E-state index contributed by atoms with van der Waals surface area (Å²) in [5.74, 6) is -0.155. The first-order valence-corrected chi connectivity index (χ1v) is 6.59. The molecule has 110 valence electrons. The first-order chi connectivity index (χ1) is 10.2. The fourth-order valence-corrected chi connectivity index (χ4v) is 2.32. The lowest BCUT2D eigenvalue weighted by Gasteiger charge is -2.32. The van der Waals surface area contributed by atoms with E-state index in [9.17, 15) is 10.1 Å². The highest BCUT2D eigenvalue weighted by atomic mass is 16.5. The Hall–Kier alpha value is -2.52. The largest absolute Gasteiger partial charge is 0.496 e. The third-order valence-corrected chi connectivity index (χ3v) is 3.28. The number of methoxy groups -OCH3 is 1. The highest BCUT2D eigenvalue weighted by Crippen LogP contribution is 2.31. The molecule has 1 heterocycles. The third-order valence-electron chi connectivity index (χ3n) is 3.28. The van der Waals surface area contributed by atoms with Gasteiger partial charge in [-0.05, 0) is 12.1 Å². The van der Waals surface area contributed by atoms with Crippen LogP contribution in [0.15, 0.2) is 29.8 Å². The van der Waals surface area contributed by atoms with Gasteiger partial charge in [0.25, 0.3) is 5.91 Å². The van der Waals surface area contributed by atoms with Crippen LogP contribution in [0.4, 0.5) is 0 Å². The van der Waals surface area contributed by atoms with Crippen molar-refractivity contribution >= 4 is 11.6 Å². The number of morpholine rings is 1. The zero-order valence-corrected chi connectivity index (χ0v) is 11.8. The second kappa shape index (κ2) is 6.77. The quantitative estimate of drug-likeness (QED) is 0.652. The molecule has 0 aromatic heterocycles. The second-order valence-corrected chi connectivity index (χ2v) is 4.50. The van der Waals surface area contributed by atoms with Crippen molar-refractivity contribution in [3.63, 3.8) is 0 Å². The maximum Gasteiger partial charge on any atom is 0.261 e. The third kappa shape index (κ3) is 3.15. The van der Waals surface area contributed by atoms with Gasteiger partial charge in [-0.15, -0.1) is 0 Å². The van der Waals surface area contributed by atoms with Crippen molar-refractivity contribution in [2.24, 2.45) is 5.73 Å². The lowest BCUT2D eigenvalue weighted by molar-refractivity contribution is -0.114. The lowest BCUT2D eigenvalue weighted by Crippen LogP contribution is -2.36. The number of amides is 1. The Kier molecular flexibility index (Phi) is 4.80. The number of nitriles is 1. The molecule has 1 fully saturated rings. The van der Waals surface area contributed by atoms with Crippen molar-refractivity contribution in [2.45, 2.75) is 0 Å². The van der Waals surface area contributed by atoms with Gasteiger partial charge in [-0.3, -0.25) is 4.79 Å². The minimum absolute atomic E-state index is 0.0681. The molecule has 0 radical (unpaired) electrons. The van der Waals surface area contributed by atoms with Crippen LogP contribution in [-0.2, 0) is 9.53 Å². The number of primary amides is 1. The van der Waals surface area contributed by atoms with Crippen LogP contribution in [0.3, 0.4) is 0 Å². The van der Waals surface area contributed by atoms with Crippen LogP contribution < -0.4 is 10.5 Å². The number of benzene rings is 1. The van der Waals surface area contributed by atoms with Crippen molar-refractivity contribution in [3.05, 3.63) is 35.4 Å². The molecule has 1 aromatic carbocycles. The summed E-state index contributed by atoms with van der Waals surface area (Å²) in [6, 6.07) is 9.17. The van der Waals surface area contributed by atoms with Crippen molar-refractivity contribution in [1.29, 1.82) is 5.26 Å². The second-order valence-electron chi connectivity index (χ2n) is 4.50. The Morgan fingerprint density at radius 1 is 1.38 bits per heavy atom. The van der Waals surface area contributed by atoms with Gasteiger partial charge in [-0.25, -0.2) is 0 Å². The van der Waals surface area contributed by atoms with Gasteiger partial charge in [-0.2, -0.15) is 5.26 Å². The first kappa shape index (κ1) is 14.9. The van der Waals surface area contributed by atoms with Crippen LogP contribution in [0, 0.1) is 11.3 Å². The Morgan fingerprint density at radius 3 is 2.62 bits per heavy atom. The van der Waals surface area contributed by atoms with Crippen molar-refractivity contribution in [3.8, 4) is 11.8 Å². The van der Waals surface area contributed by atoms with Crippen LogP contribution in [-0.4, -0.2) is 44.2 Å². The highest BCUT2D eigenvalue weighted by molar-refractivity contribution is 6.04. The molecule has 0 bridgehead atoms. The molecule has 2 rings (SSSR count). The molecule has 0 spiro atoms. The molecule has 1 aliphatic heterocycles. The maximum absolute atomic E-state index is 11.6. The Bertz CT molecular complexity index is 598. The summed E-state index contributed by atoms with van der Waals surface area (Å²) in [7, 11) is 1.55. The number of ether oxygens (including phenoxy) is 2. The van der Waals surface area contributed by atoms with E-state index < -0.39 is 5.91 Å². The molecule has 1 saturated heterocycles. The number of carbonyl (C=O) groups excluding carboxylic acids is 1. The number of para-hydroxylation sites is 1. The number of hydrogen-bond donors (Lipinski definition) is 1. The number of nitrogens with zero attached hydrogens (tertiary/aromatic N) is 2. The molecule has 0 saturated carbocycles. The molecule has 0 atom stereocenters. The fraction of sp³-hybridized carbons (Fsp3) is 0.333. The summed E-state index contributed by atoms with van der Waals surface area (Å²) in [5.41, 5.74) is 6.48. The monoisotopic (exact) mass is 287 g/mol. The van der Waals surface area contributed by atoms with Gasteiger partial charge in [0, 0.05) is 18.7 Å². The minimum Gasteiger partial charge on any atom is -0.496 e. The fourth-order valence-electron chi connectivity index (χ4n) is 2.32. The molecule has 6 heteroatoms. The predicted octanol–water partition coefficient (Wildman–Crippen LogP) is 0.747. The Labute approximate surface area is 123 Å². The van der Waals surface area contributed by atoms with E-state index in [0.29, 0.717) is 43.3 Å². The number of carbonyl (C=O) groups is 1. The number of nitrogens with two attached hydrogens (primary N) is 1. The van der Waals surface area contributed by atoms with E-state index in [2.05, 4.69) is 0 Å². The van der Waals surface area contributed by atoms with Crippen LogP contribution in [0.2, 0.25) is 0 Å². The normalized spacial score (nSPS) is 15.9. The van der Waals surface area contributed by atoms with Gasteiger partial charge in [-0.1, -0.05) is 12.1 Å². The molecule has 1 amide bonds. The topological polar surface area (TPSA) is 88.6 Å². The molecule has 0 unspecified atom stereocenters. The maximum atomic E-state index is 11.6. The smallest absolute Gasteiger partial charge is 0.261 e. The number of rotatable bonds is 4. The van der Waals surface area contributed by atoms with Gasteiger partial charge in [0.2, 0.25) is 0 Å². The standard InChI is InChI=1S/C15H17N3O3/c1-20-13-5-3-2-4-11(13)14(12(10-16)15(17)19)18-6-8-21-9-7-18/h2-5H,6-9H2,1H3,(H2,17,19)/b14-12-. The molecule has 1 aromatic rings. The summed E-state index contributed by atoms with van der Waals surface area (Å²) in [4.78, 5) is 13.6. The Morgan fingerprint density at radius 2 is 2.05 bits per heavy atom. The van der Waals surface area contributed by atoms with Crippen LogP contribution in [0.5, 0.6) is 5.75 Å². The number of hydrogen-bond acceptors (Lipinski definition) is 5. The highest BCUT2D eigenvalue weighted by Gasteiger charge is 2.24. The predicted molar refractivity (Wildman–Crippen MR) is 77.1 cm³/mol. The molecule has 21 heavy (non-hydrogen) atoms. The van der Waals surface area contributed by atoms with E-state index in [0.717, 1.165) is 0 Å². The summed E-state index contributed by atoms with van der Waals surface area (Å²) < 4.78 is 10.7. The van der Waals surface area contributed by atoms with E-state index in [-0.39, 0.29) is 5.57 Å². The minimum atomic E-state index is -0.745. The SMILES string of the molecule is COc1ccccc1/C(=C(\C#N)C(N)=O)N1CCOCC1.